The van der Waals surface area contributed by atoms with Crippen LogP contribution in [0.1, 0.15) is 1.43 Å². The first kappa shape index (κ1) is 12.1. The molecular weight excluding hydrogens is 173 g/mol. The van der Waals surface area contributed by atoms with Crippen molar-refractivity contribution in [3.63, 3.8) is 0 Å². The fourth-order valence-electron chi connectivity index (χ4n) is 0.0447. The normalized spacial score (nSPS) is 32.1. The molecule has 0 aromatic rings. The maximum atomic E-state index is 7.89. The second kappa shape index (κ2) is 2.53. The van der Waals surface area contributed by atoms with Crippen LogP contribution in [0.25, 0.3) is 0 Å². The molecular formula is H4LiMnO5P. The predicted molar refractivity (Wildman–Crippen MR) is 16.9 cm³/mol. The minimum absolute atomic E-state index is 0. The van der Waals surface area contributed by atoms with E-state index < -0.39 is 7.74 Å². The molecule has 1 aliphatic rings. The Balaban J connectivity index is -0.000000120. The Morgan fingerprint density at radius 3 is 1.25 bits per heavy atom. The summed E-state index contributed by atoms with van der Waals surface area (Å²) in [6, 6.07) is 0. The van der Waals surface area contributed by atoms with Crippen molar-refractivity contribution < 1.29 is 61.4 Å². The van der Waals surface area contributed by atoms with Crippen molar-refractivity contribution in [2.75, 3.05) is 0 Å². The molecule has 1 aliphatic heterocycles. The van der Waals surface area contributed by atoms with Crippen molar-refractivity contribution in [1.82, 2.24) is 0 Å². The van der Waals surface area contributed by atoms with Gasteiger partial charge in [-0.15, -0.1) is 0 Å². The first-order valence-corrected chi connectivity index (χ1v) is 3.06. The van der Waals surface area contributed by atoms with Crippen LogP contribution in [0, 0.1) is 0 Å². The molecule has 0 amide bonds. The minimum atomic E-state index is -4.80. The van der Waals surface area contributed by atoms with Gasteiger partial charge in [0.25, 0.3) is 0 Å². The molecule has 1 heterocycles. The van der Waals surface area contributed by atoms with Gasteiger partial charge < -0.3 is 1.43 Å². The molecule has 8 heteroatoms. The molecule has 0 aromatic heterocycles. The quantitative estimate of drug-likeness (QED) is 0.153. The number of hydrogen-bond donors (Lipinski definition) is 3. The zero-order valence-electron chi connectivity index (χ0n) is 4.98. The molecule has 8 heavy (non-hydrogen) atoms. The fourth-order valence-corrected chi connectivity index (χ4v) is 0.402. The molecule has 5 nitrogen and oxygen atoms in total. The SMILES string of the molecule is OP1(O)(O)OO1.[H-].[Li+].[Mn]. The largest absolute Gasteiger partial charge is 1.00 e. The van der Waals surface area contributed by atoms with Crippen LogP contribution in [0.4, 0.5) is 0 Å². The van der Waals surface area contributed by atoms with Crippen LogP contribution in [-0.4, -0.2) is 14.7 Å². The van der Waals surface area contributed by atoms with Crippen LogP contribution >= 0.6 is 7.74 Å². The third-order valence-corrected chi connectivity index (χ3v) is 0.824. The first-order chi connectivity index (χ1) is 2.47. The summed E-state index contributed by atoms with van der Waals surface area (Å²) < 4.78 is 6.76. The second-order valence-electron chi connectivity index (χ2n) is 0.982. The third kappa shape index (κ3) is 4.25. The van der Waals surface area contributed by atoms with E-state index in [-0.39, 0.29) is 37.4 Å². The van der Waals surface area contributed by atoms with E-state index in [0.29, 0.717) is 0 Å². The Bertz CT molecular complexity index is 80.7. The molecule has 0 aliphatic carbocycles. The molecule has 1 fully saturated rings. The van der Waals surface area contributed by atoms with E-state index in [1.54, 1.807) is 0 Å². The molecule has 0 aromatic carbocycles. The van der Waals surface area contributed by atoms with Crippen molar-refractivity contribution in [2.45, 2.75) is 0 Å². The topological polar surface area (TPSA) is 85.8 Å². The van der Waals surface area contributed by atoms with Crippen LogP contribution in [0.15, 0.2) is 0 Å². The standard InChI is InChI=1S/Li.Mn.H3O5P.H/c;;1-6(2,3)4-5-6;/h;;1-3H;/q+1;;;-1. The fraction of sp³-hybridized carbons (Fsp3) is 0. The van der Waals surface area contributed by atoms with Gasteiger partial charge in [-0.25, -0.2) is 0 Å². The van der Waals surface area contributed by atoms with Gasteiger partial charge in [0.2, 0.25) is 0 Å². The summed E-state index contributed by atoms with van der Waals surface area (Å²) in [5.74, 6) is 0. The Morgan fingerprint density at radius 2 is 1.25 bits per heavy atom. The zero-order chi connectivity index (χ0) is 4.86. The van der Waals surface area contributed by atoms with Crippen molar-refractivity contribution >= 4 is 7.74 Å². The van der Waals surface area contributed by atoms with Gasteiger partial charge in [-0.3, -0.25) is 0 Å². The monoisotopic (exact) mass is 177 g/mol. The second-order valence-corrected chi connectivity index (χ2v) is 2.95. The molecule has 1 rings (SSSR count). The van der Waals surface area contributed by atoms with E-state index in [9.17, 15) is 0 Å². The van der Waals surface area contributed by atoms with E-state index in [2.05, 4.69) is 9.35 Å². The van der Waals surface area contributed by atoms with Crippen molar-refractivity contribution in [2.24, 2.45) is 0 Å². The minimum Gasteiger partial charge on any atom is -1.00 e. The maximum absolute atomic E-state index is 7.89. The summed E-state index contributed by atoms with van der Waals surface area (Å²) in [4.78, 5) is 23.7. The molecule has 0 unspecified atom stereocenters. The van der Waals surface area contributed by atoms with Gasteiger partial charge in [-0.1, -0.05) is 0 Å². The van der Waals surface area contributed by atoms with E-state index >= 15 is 0 Å². The van der Waals surface area contributed by atoms with Gasteiger partial charge >= 0.3 is 50.6 Å². The van der Waals surface area contributed by atoms with E-state index in [1.807, 2.05) is 0 Å². The Hall–Kier alpha value is 1.35. The molecule has 0 atom stereocenters. The van der Waals surface area contributed by atoms with E-state index in [1.165, 1.54) is 0 Å². The molecule has 1 saturated heterocycles. The van der Waals surface area contributed by atoms with Gasteiger partial charge in [-0.2, -0.15) is 0 Å². The van der Waals surface area contributed by atoms with Crippen molar-refractivity contribution in [3.8, 4) is 0 Å². The Morgan fingerprint density at radius 1 is 1.12 bits per heavy atom. The number of rotatable bonds is 0. The van der Waals surface area contributed by atoms with Gasteiger partial charge in [0.15, 0.2) is 0 Å². The van der Waals surface area contributed by atoms with Crippen LogP contribution in [-0.2, 0) is 26.4 Å². The molecule has 0 saturated carbocycles. The van der Waals surface area contributed by atoms with Crippen LogP contribution in [0.3, 0.4) is 0 Å². The molecule has 47 valence electrons. The van der Waals surface area contributed by atoms with Gasteiger partial charge in [0.05, 0.1) is 0 Å². The summed E-state index contributed by atoms with van der Waals surface area (Å²) in [6.45, 7) is 0. The van der Waals surface area contributed by atoms with E-state index in [4.69, 9.17) is 14.7 Å². The molecule has 1 radical (unpaired) electrons. The van der Waals surface area contributed by atoms with E-state index in [0.717, 1.165) is 0 Å². The Kier molecular flexibility index (Phi) is 3.81. The van der Waals surface area contributed by atoms with Crippen molar-refractivity contribution in [1.29, 1.82) is 0 Å². The Labute approximate surface area is 69.4 Å². The maximum Gasteiger partial charge on any atom is 1.00 e. The summed E-state index contributed by atoms with van der Waals surface area (Å²) >= 11 is 0. The summed E-state index contributed by atoms with van der Waals surface area (Å²) in [7, 11) is -4.80. The zero-order valence-corrected chi connectivity index (χ0v) is 6.06. The van der Waals surface area contributed by atoms with Gasteiger partial charge in [0, 0.05) is 17.1 Å². The molecule has 3 N–H and O–H groups in total. The summed E-state index contributed by atoms with van der Waals surface area (Å²) in [5, 5.41) is 0. The van der Waals surface area contributed by atoms with Crippen LogP contribution in [0.5, 0.6) is 0 Å². The van der Waals surface area contributed by atoms with Crippen molar-refractivity contribution in [3.05, 3.63) is 0 Å². The average molecular weight is 177 g/mol. The third-order valence-electron chi connectivity index (χ3n) is 0.275. The summed E-state index contributed by atoms with van der Waals surface area (Å²) in [6.07, 6.45) is 0. The predicted octanol–water partition coefficient (Wildman–Crippen LogP) is -3.83. The van der Waals surface area contributed by atoms with Gasteiger partial charge in [-0.05, 0) is 0 Å². The average Bonchev–Trinajstić information content (AvgIpc) is 1.73. The molecule has 0 spiro atoms. The smallest absolute Gasteiger partial charge is 1.00 e. The number of hydrogen-bond acceptors (Lipinski definition) is 5. The first-order valence-electron chi connectivity index (χ1n) is 1.13. The molecule has 0 bridgehead atoms. The van der Waals surface area contributed by atoms with Crippen LogP contribution in [0.2, 0.25) is 0 Å². The summed E-state index contributed by atoms with van der Waals surface area (Å²) in [5.41, 5.74) is 0. The van der Waals surface area contributed by atoms with Gasteiger partial charge in [0.1, 0.15) is 0 Å². The van der Waals surface area contributed by atoms with Crippen LogP contribution < -0.4 is 18.9 Å².